The molecule has 40 heavy (non-hydrogen) atoms. The van der Waals surface area contributed by atoms with E-state index in [1.165, 1.54) is 54.1 Å². The van der Waals surface area contributed by atoms with Gasteiger partial charge in [-0.2, -0.15) is 0 Å². The molecule has 0 radical (unpaired) electrons. The zero-order valence-electron chi connectivity index (χ0n) is 22.3. The van der Waals surface area contributed by atoms with Crippen molar-refractivity contribution < 1.29 is 0 Å². The molecule has 0 nitrogen and oxygen atoms in total. The van der Waals surface area contributed by atoms with Crippen LogP contribution in [0.1, 0.15) is 22.3 Å². The van der Waals surface area contributed by atoms with Gasteiger partial charge in [0.1, 0.15) is 0 Å². The van der Waals surface area contributed by atoms with Crippen molar-refractivity contribution in [3.8, 4) is 0 Å². The molecule has 6 aromatic rings. The first kappa shape index (κ1) is 25.2. The Bertz CT molecular complexity index is 1520. The maximum absolute atomic E-state index is 2.52. The van der Waals surface area contributed by atoms with Crippen molar-refractivity contribution in [2.45, 2.75) is 12.8 Å². The summed E-state index contributed by atoms with van der Waals surface area (Å²) in [6.07, 6.45) is 1.88. The lowest BCUT2D eigenvalue weighted by Gasteiger charge is -2.27. The monoisotopic (exact) mass is 548 g/mol. The molecule has 192 valence electrons. The summed E-state index contributed by atoms with van der Waals surface area (Å²) in [6.45, 7) is 0. The van der Waals surface area contributed by atoms with Gasteiger partial charge in [-0.25, -0.2) is 0 Å². The van der Waals surface area contributed by atoms with Gasteiger partial charge >= 0.3 is 0 Å². The fourth-order valence-corrected chi connectivity index (χ4v) is 10.8. The van der Waals surface area contributed by atoms with E-state index >= 15 is 0 Å². The minimum atomic E-state index is -0.650. The zero-order valence-corrected chi connectivity index (χ0v) is 24.1. The van der Waals surface area contributed by atoms with E-state index in [2.05, 4.69) is 158 Å². The molecular weight excluding hydrogens is 518 g/mol. The smallest absolute Gasteiger partial charge is 0.00190 e. The molecule has 0 spiro atoms. The summed E-state index contributed by atoms with van der Waals surface area (Å²) in [5.74, 6) is 0. The molecule has 0 amide bonds. The van der Waals surface area contributed by atoms with Crippen LogP contribution in [0.3, 0.4) is 0 Å². The van der Waals surface area contributed by atoms with E-state index in [1.807, 2.05) is 0 Å². The average Bonchev–Trinajstić information content (AvgIpc) is 3.03. The van der Waals surface area contributed by atoms with Crippen LogP contribution in [-0.4, -0.2) is 0 Å². The van der Waals surface area contributed by atoms with Crippen LogP contribution in [0.15, 0.2) is 158 Å². The molecule has 0 heterocycles. The SMILES string of the molecule is c1ccc(P(c2ccccc2)c2cc3ccc2Cc2ccc(c(P(c4ccccc4)c4ccccc4)c2)C3)cc1. The van der Waals surface area contributed by atoms with Gasteiger partial charge in [-0.15, -0.1) is 0 Å². The van der Waals surface area contributed by atoms with E-state index < -0.39 is 15.8 Å². The first-order chi connectivity index (χ1) is 19.8. The Morgan fingerprint density at radius 1 is 0.325 bits per heavy atom. The van der Waals surface area contributed by atoms with Gasteiger partial charge in [0.15, 0.2) is 0 Å². The van der Waals surface area contributed by atoms with E-state index in [4.69, 9.17) is 0 Å². The van der Waals surface area contributed by atoms with Crippen LogP contribution >= 0.6 is 15.8 Å². The third-order valence-electron chi connectivity index (χ3n) is 7.63. The molecule has 0 aromatic heterocycles. The third kappa shape index (κ3) is 5.07. The maximum atomic E-state index is 2.52. The average molecular weight is 549 g/mol. The Morgan fingerprint density at radius 2 is 0.625 bits per heavy atom. The molecule has 0 atom stereocenters. The fourth-order valence-electron chi connectivity index (χ4n) is 5.76. The van der Waals surface area contributed by atoms with Crippen molar-refractivity contribution in [3.63, 3.8) is 0 Å². The summed E-state index contributed by atoms with van der Waals surface area (Å²) in [4.78, 5) is 0. The van der Waals surface area contributed by atoms with Crippen molar-refractivity contribution in [1.82, 2.24) is 0 Å². The van der Waals surface area contributed by atoms with Crippen molar-refractivity contribution >= 4 is 47.7 Å². The molecule has 4 aliphatic carbocycles. The molecule has 0 aliphatic heterocycles. The van der Waals surface area contributed by atoms with Crippen LogP contribution < -0.4 is 31.8 Å². The van der Waals surface area contributed by atoms with Crippen molar-refractivity contribution in [2.75, 3.05) is 0 Å². The Kier molecular flexibility index (Phi) is 7.14. The van der Waals surface area contributed by atoms with Crippen molar-refractivity contribution in [1.29, 1.82) is 0 Å². The first-order valence-electron chi connectivity index (χ1n) is 13.9. The van der Waals surface area contributed by atoms with Gasteiger partial charge < -0.3 is 0 Å². The van der Waals surface area contributed by atoms with Crippen molar-refractivity contribution in [3.05, 3.63) is 180 Å². The molecule has 0 unspecified atom stereocenters. The highest BCUT2D eigenvalue weighted by Crippen LogP contribution is 2.38. The lowest BCUT2D eigenvalue weighted by Crippen LogP contribution is -2.27. The van der Waals surface area contributed by atoms with E-state index in [1.54, 1.807) is 0 Å². The Labute approximate surface area is 239 Å². The van der Waals surface area contributed by atoms with Crippen LogP contribution in [0.5, 0.6) is 0 Å². The summed E-state index contributed by atoms with van der Waals surface area (Å²) in [6, 6.07) is 59.0. The summed E-state index contributed by atoms with van der Waals surface area (Å²) in [5.41, 5.74) is 5.66. The minimum Gasteiger partial charge on any atom is -0.0622 e. The Balaban J connectivity index is 1.37. The molecule has 6 aromatic carbocycles. The standard InChI is InChI=1S/C38H30P2/c1-5-13-33(14-6-1)39(34-15-7-2-8-16-34)37-27-29-21-23-31(37)25-30-22-24-32(26-29)38(28-30)40(35-17-9-3-10-18-35)36-19-11-4-12-20-36/h1-24,27-28H,25-26H2. The highest BCUT2D eigenvalue weighted by molar-refractivity contribution is 7.80. The summed E-state index contributed by atoms with van der Waals surface area (Å²) in [7, 11) is -1.30. The van der Waals surface area contributed by atoms with Crippen LogP contribution in [-0.2, 0) is 12.8 Å². The Hall–Kier alpha value is -3.82. The normalized spacial score (nSPS) is 12.2. The molecular formula is C38H30P2. The second-order valence-corrected chi connectivity index (χ2v) is 14.7. The summed E-state index contributed by atoms with van der Waals surface area (Å²) < 4.78 is 0. The summed E-state index contributed by atoms with van der Waals surface area (Å²) in [5, 5.41) is 8.61. The summed E-state index contributed by atoms with van der Waals surface area (Å²) >= 11 is 0. The second-order valence-electron chi connectivity index (χ2n) is 10.3. The lowest BCUT2D eigenvalue weighted by molar-refractivity contribution is 1.14. The third-order valence-corrected chi connectivity index (χ3v) is 12.7. The van der Waals surface area contributed by atoms with Gasteiger partial charge in [-0.3, -0.25) is 0 Å². The van der Waals surface area contributed by atoms with Gasteiger partial charge in [-0.05, 0) is 82.8 Å². The highest BCUT2D eigenvalue weighted by atomic mass is 31.1. The highest BCUT2D eigenvalue weighted by Gasteiger charge is 2.24. The molecule has 4 bridgehead atoms. The van der Waals surface area contributed by atoms with E-state index in [0.29, 0.717) is 0 Å². The fraction of sp³-hybridized carbons (Fsp3) is 0.0526. The van der Waals surface area contributed by atoms with Gasteiger partial charge in [0.05, 0.1) is 0 Å². The molecule has 0 fully saturated rings. The van der Waals surface area contributed by atoms with Crippen LogP contribution in [0.25, 0.3) is 0 Å². The van der Waals surface area contributed by atoms with Crippen molar-refractivity contribution in [2.24, 2.45) is 0 Å². The molecule has 0 N–H and O–H groups in total. The van der Waals surface area contributed by atoms with Crippen LogP contribution in [0, 0.1) is 0 Å². The van der Waals surface area contributed by atoms with Gasteiger partial charge in [0.25, 0.3) is 0 Å². The van der Waals surface area contributed by atoms with Gasteiger partial charge in [0.2, 0.25) is 0 Å². The van der Waals surface area contributed by atoms with E-state index in [0.717, 1.165) is 12.8 Å². The van der Waals surface area contributed by atoms with E-state index in [9.17, 15) is 0 Å². The molecule has 0 saturated carbocycles. The lowest BCUT2D eigenvalue weighted by atomic mass is 9.95. The van der Waals surface area contributed by atoms with Crippen LogP contribution in [0.4, 0.5) is 0 Å². The zero-order chi connectivity index (χ0) is 26.7. The molecule has 0 saturated heterocycles. The molecule has 4 aliphatic rings. The molecule has 2 heteroatoms. The largest absolute Gasteiger partial charge is 0.0622 e. The second kappa shape index (κ2) is 11.3. The first-order valence-corrected chi connectivity index (χ1v) is 16.6. The minimum absolute atomic E-state index is 0.650. The number of hydrogen-bond donors (Lipinski definition) is 0. The number of rotatable bonds is 6. The maximum Gasteiger partial charge on any atom is -0.00190 e. The predicted octanol–water partition coefficient (Wildman–Crippen LogP) is 6.70. The van der Waals surface area contributed by atoms with E-state index in [-0.39, 0.29) is 0 Å². The number of hydrogen-bond acceptors (Lipinski definition) is 0. The number of benzene rings is 6. The van der Waals surface area contributed by atoms with Gasteiger partial charge in [-0.1, -0.05) is 158 Å². The van der Waals surface area contributed by atoms with Crippen LogP contribution in [0.2, 0.25) is 0 Å². The predicted molar refractivity (Wildman–Crippen MR) is 176 cm³/mol. The quantitative estimate of drug-likeness (QED) is 0.203. The molecule has 10 rings (SSSR count). The topological polar surface area (TPSA) is 0 Å². The van der Waals surface area contributed by atoms with Gasteiger partial charge in [0, 0.05) is 0 Å². The Morgan fingerprint density at radius 3 is 0.925 bits per heavy atom.